The minimum absolute atomic E-state index is 0.674. The van der Waals surface area contributed by atoms with Crippen molar-refractivity contribution < 1.29 is 4.84 Å². The molecular formula is C9H15NO. The lowest BCUT2D eigenvalue weighted by atomic mass is 10.0. The Morgan fingerprint density at radius 1 is 1.36 bits per heavy atom. The summed E-state index contributed by atoms with van der Waals surface area (Å²) in [6, 6.07) is 1.51. The van der Waals surface area contributed by atoms with Crippen LogP contribution in [0.3, 0.4) is 0 Å². The van der Waals surface area contributed by atoms with Crippen molar-refractivity contribution in [2.75, 3.05) is 6.61 Å². The Morgan fingerprint density at radius 3 is 2.55 bits per heavy atom. The van der Waals surface area contributed by atoms with Crippen LogP contribution in [-0.4, -0.2) is 23.8 Å². The Kier molecular flexibility index (Phi) is 1.96. The molecule has 2 fully saturated rings. The highest BCUT2D eigenvalue weighted by Gasteiger charge is 2.49. The van der Waals surface area contributed by atoms with Crippen LogP contribution in [0.4, 0.5) is 0 Å². The topological polar surface area (TPSA) is 12.2 Å². The van der Waals surface area contributed by atoms with E-state index in [1.807, 2.05) is 6.08 Å². The van der Waals surface area contributed by atoms with E-state index in [-0.39, 0.29) is 0 Å². The summed E-state index contributed by atoms with van der Waals surface area (Å²) in [5, 5.41) is 2.15. The molecule has 2 rings (SSSR count). The molecule has 2 unspecified atom stereocenters. The lowest BCUT2D eigenvalue weighted by Gasteiger charge is -2.01. The Hall–Kier alpha value is -0.340. The van der Waals surface area contributed by atoms with E-state index in [0.717, 1.165) is 12.1 Å². The summed E-state index contributed by atoms with van der Waals surface area (Å²) in [7, 11) is 0. The van der Waals surface area contributed by atoms with Crippen molar-refractivity contribution in [1.29, 1.82) is 0 Å². The fourth-order valence-electron chi connectivity index (χ4n) is 1.99. The molecule has 1 saturated carbocycles. The van der Waals surface area contributed by atoms with Crippen LogP contribution in [0.5, 0.6) is 0 Å². The Bertz CT molecular complexity index is 146. The van der Waals surface area contributed by atoms with Crippen LogP contribution in [0.15, 0.2) is 12.7 Å². The molecule has 0 radical (unpaired) electrons. The highest BCUT2D eigenvalue weighted by molar-refractivity contribution is 4.99. The fourth-order valence-corrected chi connectivity index (χ4v) is 1.99. The van der Waals surface area contributed by atoms with Crippen molar-refractivity contribution in [1.82, 2.24) is 5.06 Å². The maximum absolute atomic E-state index is 5.46. The molecular weight excluding hydrogens is 138 g/mol. The molecule has 1 saturated heterocycles. The van der Waals surface area contributed by atoms with Gasteiger partial charge in [-0.3, -0.25) is 4.84 Å². The summed E-state index contributed by atoms with van der Waals surface area (Å²) < 4.78 is 0. The molecule has 0 aromatic rings. The van der Waals surface area contributed by atoms with Crippen molar-refractivity contribution in [2.24, 2.45) is 0 Å². The van der Waals surface area contributed by atoms with E-state index in [0.29, 0.717) is 6.61 Å². The minimum atomic E-state index is 0.674. The first-order valence-electron chi connectivity index (χ1n) is 4.45. The van der Waals surface area contributed by atoms with E-state index >= 15 is 0 Å². The van der Waals surface area contributed by atoms with E-state index in [4.69, 9.17) is 4.84 Å². The van der Waals surface area contributed by atoms with Gasteiger partial charge in [0.05, 0.1) is 18.7 Å². The van der Waals surface area contributed by atoms with Crippen LogP contribution in [0.2, 0.25) is 0 Å². The Labute approximate surface area is 67.8 Å². The molecule has 2 nitrogen and oxygen atoms in total. The second kappa shape index (κ2) is 2.95. The van der Waals surface area contributed by atoms with E-state index in [2.05, 4.69) is 11.6 Å². The summed E-state index contributed by atoms with van der Waals surface area (Å²) in [5.41, 5.74) is 0. The fraction of sp³-hybridized carbons (Fsp3) is 0.778. The molecule has 0 N–H and O–H groups in total. The van der Waals surface area contributed by atoms with Gasteiger partial charge in [-0.15, -0.1) is 6.58 Å². The summed E-state index contributed by atoms with van der Waals surface area (Å²) in [5.74, 6) is 0. The third-order valence-electron chi connectivity index (χ3n) is 2.60. The maximum Gasteiger partial charge on any atom is 0.0864 e. The molecule has 0 bridgehead atoms. The Morgan fingerprint density at radius 2 is 2.00 bits per heavy atom. The van der Waals surface area contributed by atoms with Crippen molar-refractivity contribution in [2.45, 2.75) is 37.8 Å². The first kappa shape index (κ1) is 7.32. The summed E-state index contributed by atoms with van der Waals surface area (Å²) in [4.78, 5) is 5.46. The van der Waals surface area contributed by atoms with Crippen LogP contribution in [0, 0.1) is 0 Å². The van der Waals surface area contributed by atoms with Crippen molar-refractivity contribution in [3.05, 3.63) is 12.7 Å². The molecule has 2 heteroatoms. The number of hydrogen-bond donors (Lipinski definition) is 0. The Balaban J connectivity index is 1.76. The standard InChI is InChI=1S/C9H15NO/c1-2-7-11-10-8-5-3-4-6-9(8)10/h2,8-9H,1,3-7H2. The zero-order valence-corrected chi connectivity index (χ0v) is 6.83. The van der Waals surface area contributed by atoms with Gasteiger partial charge in [-0.1, -0.05) is 18.9 Å². The molecule has 0 amide bonds. The van der Waals surface area contributed by atoms with Crippen molar-refractivity contribution >= 4 is 0 Å². The van der Waals surface area contributed by atoms with Gasteiger partial charge < -0.3 is 0 Å². The zero-order valence-electron chi connectivity index (χ0n) is 6.83. The van der Waals surface area contributed by atoms with Crippen LogP contribution in [0.25, 0.3) is 0 Å². The average molecular weight is 153 g/mol. The van der Waals surface area contributed by atoms with Gasteiger partial charge in [0, 0.05) is 0 Å². The van der Waals surface area contributed by atoms with E-state index < -0.39 is 0 Å². The minimum Gasteiger partial charge on any atom is -0.294 e. The second-order valence-electron chi connectivity index (χ2n) is 3.36. The summed E-state index contributed by atoms with van der Waals surface area (Å²) >= 11 is 0. The lowest BCUT2D eigenvalue weighted by Crippen LogP contribution is -2.03. The molecule has 11 heavy (non-hydrogen) atoms. The third-order valence-corrected chi connectivity index (χ3v) is 2.60. The van der Waals surface area contributed by atoms with Crippen LogP contribution >= 0.6 is 0 Å². The van der Waals surface area contributed by atoms with Gasteiger partial charge in [-0.2, -0.15) is 5.06 Å². The number of fused-ring (bicyclic) bond motifs is 1. The first-order valence-corrected chi connectivity index (χ1v) is 4.45. The maximum atomic E-state index is 5.46. The monoisotopic (exact) mass is 153 g/mol. The average Bonchev–Trinajstić information content (AvgIpc) is 2.75. The third kappa shape index (κ3) is 1.33. The van der Waals surface area contributed by atoms with Crippen LogP contribution in [0.1, 0.15) is 25.7 Å². The highest BCUT2D eigenvalue weighted by atomic mass is 16.7. The van der Waals surface area contributed by atoms with Crippen LogP contribution < -0.4 is 0 Å². The van der Waals surface area contributed by atoms with Gasteiger partial charge in [0.2, 0.25) is 0 Å². The van der Waals surface area contributed by atoms with Crippen molar-refractivity contribution in [3.63, 3.8) is 0 Å². The van der Waals surface area contributed by atoms with Gasteiger partial charge in [0.1, 0.15) is 0 Å². The summed E-state index contributed by atoms with van der Waals surface area (Å²) in [6.07, 6.45) is 7.25. The first-order chi connectivity index (χ1) is 5.43. The molecule has 0 aromatic heterocycles. The molecule has 2 aliphatic rings. The molecule has 62 valence electrons. The molecule has 1 aliphatic heterocycles. The van der Waals surface area contributed by atoms with E-state index in [1.165, 1.54) is 25.7 Å². The van der Waals surface area contributed by atoms with E-state index in [1.54, 1.807) is 0 Å². The number of hydrogen-bond acceptors (Lipinski definition) is 2. The van der Waals surface area contributed by atoms with Gasteiger partial charge in [0.25, 0.3) is 0 Å². The van der Waals surface area contributed by atoms with Crippen LogP contribution in [-0.2, 0) is 4.84 Å². The number of rotatable bonds is 3. The largest absolute Gasteiger partial charge is 0.294 e. The smallest absolute Gasteiger partial charge is 0.0864 e. The van der Waals surface area contributed by atoms with Gasteiger partial charge in [0.15, 0.2) is 0 Å². The molecule has 0 spiro atoms. The normalized spacial score (nSPS) is 41.3. The predicted octanol–water partition coefficient (Wildman–Crippen LogP) is 1.73. The molecule has 0 aromatic carbocycles. The SMILES string of the molecule is C=CCON1C2CCCCC21. The van der Waals surface area contributed by atoms with Gasteiger partial charge >= 0.3 is 0 Å². The molecule has 1 heterocycles. The zero-order chi connectivity index (χ0) is 7.68. The number of nitrogens with zero attached hydrogens (tertiary/aromatic N) is 1. The highest BCUT2D eigenvalue weighted by Crippen LogP contribution is 2.40. The van der Waals surface area contributed by atoms with Crippen molar-refractivity contribution in [3.8, 4) is 0 Å². The van der Waals surface area contributed by atoms with Gasteiger partial charge in [-0.05, 0) is 12.8 Å². The lowest BCUT2D eigenvalue weighted by molar-refractivity contribution is -0.0696. The molecule has 2 atom stereocenters. The predicted molar refractivity (Wildman–Crippen MR) is 44.0 cm³/mol. The second-order valence-corrected chi connectivity index (χ2v) is 3.36. The molecule has 1 aliphatic carbocycles. The van der Waals surface area contributed by atoms with E-state index in [9.17, 15) is 0 Å². The quantitative estimate of drug-likeness (QED) is 0.452. The van der Waals surface area contributed by atoms with Gasteiger partial charge in [-0.25, -0.2) is 0 Å². The number of hydroxylamine groups is 2. The summed E-state index contributed by atoms with van der Waals surface area (Å²) in [6.45, 7) is 4.30.